The van der Waals surface area contributed by atoms with Crippen molar-refractivity contribution in [2.75, 3.05) is 0 Å². The van der Waals surface area contributed by atoms with Crippen molar-refractivity contribution < 1.29 is 17.6 Å². The first-order valence-electron chi connectivity index (χ1n) is 4.73. The first-order valence-corrected chi connectivity index (χ1v) is 4.73. The quantitative estimate of drug-likeness (QED) is 0.481. The van der Waals surface area contributed by atoms with Crippen LogP contribution < -0.4 is 11.3 Å². The lowest BCUT2D eigenvalue weighted by atomic mass is 10.0. The van der Waals surface area contributed by atoms with E-state index in [1.165, 1.54) is 0 Å². The molecule has 0 saturated heterocycles. The Hall–Kier alpha value is -1.14. The average molecular weight is 236 g/mol. The van der Waals surface area contributed by atoms with Gasteiger partial charge in [-0.2, -0.15) is 13.2 Å². The van der Waals surface area contributed by atoms with E-state index in [-0.39, 0.29) is 5.56 Å². The molecule has 1 rings (SSSR count). The lowest BCUT2D eigenvalue weighted by Crippen LogP contribution is -2.28. The van der Waals surface area contributed by atoms with Gasteiger partial charge in [0, 0.05) is 11.6 Å². The van der Waals surface area contributed by atoms with Gasteiger partial charge in [0.05, 0.1) is 5.56 Å². The van der Waals surface area contributed by atoms with Gasteiger partial charge in [0.15, 0.2) is 0 Å². The van der Waals surface area contributed by atoms with E-state index in [2.05, 4.69) is 5.43 Å². The van der Waals surface area contributed by atoms with E-state index in [4.69, 9.17) is 5.84 Å². The molecule has 1 aromatic carbocycles. The monoisotopic (exact) mass is 236 g/mol. The van der Waals surface area contributed by atoms with Crippen LogP contribution in [0.15, 0.2) is 18.2 Å². The van der Waals surface area contributed by atoms with Gasteiger partial charge in [-0.05, 0) is 24.6 Å². The van der Waals surface area contributed by atoms with Gasteiger partial charge >= 0.3 is 6.18 Å². The number of rotatable bonds is 3. The Labute approximate surface area is 90.4 Å². The molecule has 0 bridgehead atoms. The fourth-order valence-corrected chi connectivity index (χ4v) is 1.41. The number of benzene rings is 1. The van der Waals surface area contributed by atoms with Crippen molar-refractivity contribution in [3.63, 3.8) is 0 Å². The molecule has 0 spiro atoms. The molecule has 0 radical (unpaired) electrons. The van der Waals surface area contributed by atoms with Crippen LogP contribution >= 0.6 is 0 Å². The summed E-state index contributed by atoms with van der Waals surface area (Å²) < 4.78 is 50.5. The molecule has 2 nitrogen and oxygen atoms in total. The smallest absolute Gasteiger partial charge is 0.271 e. The third kappa shape index (κ3) is 2.70. The van der Waals surface area contributed by atoms with Crippen LogP contribution in [0, 0.1) is 5.82 Å². The molecule has 1 atom stereocenters. The van der Waals surface area contributed by atoms with Crippen LogP contribution in [0.4, 0.5) is 17.6 Å². The molecule has 0 aliphatic rings. The van der Waals surface area contributed by atoms with Gasteiger partial charge in [0.1, 0.15) is 5.82 Å². The van der Waals surface area contributed by atoms with Crippen LogP contribution in [-0.2, 0) is 6.18 Å². The van der Waals surface area contributed by atoms with Crippen molar-refractivity contribution in [1.29, 1.82) is 0 Å². The van der Waals surface area contributed by atoms with E-state index in [0.717, 1.165) is 12.1 Å². The number of nitrogens with one attached hydrogen (secondary N) is 1. The number of hydrogen-bond acceptors (Lipinski definition) is 2. The molecule has 0 saturated carbocycles. The largest absolute Gasteiger partial charge is 0.416 e. The van der Waals surface area contributed by atoms with Crippen LogP contribution in [0.2, 0.25) is 0 Å². The van der Waals surface area contributed by atoms with Crippen LogP contribution in [0.3, 0.4) is 0 Å². The molecule has 0 heterocycles. The highest BCUT2D eigenvalue weighted by Crippen LogP contribution is 2.32. The fourth-order valence-electron chi connectivity index (χ4n) is 1.41. The van der Waals surface area contributed by atoms with Crippen molar-refractivity contribution in [1.82, 2.24) is 5.43 Å². The van der Waals surface area contributed by atoms with E-state index in [0.29, 0.717) is 12.5 Å². The molecule has 0 fully saturated rings. The number of halogens is 4. The normalized spacial score (nSPS) is 13.9. The van der Waals surface area contributed by atoms with Crippen molar-refractivity contribution in [2.24, 2.45) is 5.84 Å². The molecule has 1 unspecified atom stereocenters. The summed E-state index contributed by atoms with van der Waals surface area (Å²) in [6.45, 7) is 1.70. The molecule has 0 aromatic heterocycles. The summed E-state index contributed by atoms with van der Waals surface area (Å²) >= 11 is 0. The molecule has 0 aliphatic carbocycles. The molecule has 16 heavy (non-hydrogen) atoms. The molecule has 3 N–H and O–H groups in total. The van der Waals surface area contributed by atoms with Crippen LogP contribution in [0.5, 0.6) is 0 Å². The van der Waals surface area contributed by atoms with Crippen molar-refractivity contribution in [2.45, 2.75) is 25.6 Å². The lowest BCUT2D eigenvalue weighted by Gasteiger charge is -2.16. The summed E-state index contributed by atoms with van der Waals surface area (Å²) in [6, 6.07) is 1.67. The number of alkyl halides is 3. The van der Waals surface area contributed by atoms with Crippen molar-refractivity contribution in [3.05, 3.63) is 35.1 Å². The molecule has 0 aliphatic heterocycles. The Morgan fingerprint density at radius 1 is 1.38 bits per heavy atom. The summed E-state index contributed by atoms with van der Waals surface area (Å²) in [5.74, 6) is 4.45. The Morgan fingerprint density at radius 2 is 2.00 bits per heavy atom. The minimum Gasteiger partial charge on any atom is -0.271 e. The summed E-state index contributed by atoms with van der Waals surface area (Å²) in [7, 11) is 0. The highest BCUT2D eigenvalue weighted by Gasteiger charge is 2.31. The zero-order valence-corrected chi connectivity index (χ0v) is 8.61. The molecule has 1 aromatic rings. The lowest BCUT2D eigenvalue weighted by molar-refractivity contribution is -0.137. The van der Waals surface area contributed by atoms with E-state index < -0.39 is 23.6 Å². The highest BCUT2D eigenvalue weighted by molar-refractivity contribution is 5.29. The number of nitrogens with two attached hydrogens (primary N) is 1. The van der Waals surface area contributed by atoms with Gasteiger partial charge in [-0.1, -0.05) is 6.92 Å². The predicted octanol–water partition coefficient (Wildman–Crippen LogP) is 2.76. The predicted molar refractivity (Wildman–Crippen MR) is 51.8 cm³/mol. The first kappa shape index (κ1) is 12.9. The zero-order valence-electron chi connectivity index (χ0n) is 8.61. The average Bonchev–Trinajstić information content (AvgIpc) is 2.20. The summed E-state index contributed by atoms with van der Waals surface area (Å²) in [6.07, 6.45) is -4.08. The SMILES string of the molecule is CCC(NN)c1cc(C(F)(F)F)ccc1F. The summed E-state index contributed by atoms with van der Waals surface area (Å²) in [5, 5.41) is 0. The summed E-state index contributed by atoms with van der Waals surface area (Å²) in [5.41, 5.74) is 1.33. The number of hydrogen-bond donors (Lipinski definition) is 2. The Bertz CT molecular complexity index is 358. The maximum absolute atomic E-state index is 13.3. The van der Waals surface area contributed by atoms with E-state index in [1.807, 2.05) is 0 Å². The minimum atomic E-state index is -4.48. The highest BCUT2D eigenvalue weighted by atomic mass is 19.4. The van der Waals surface area contributed by atoms with Gasteiger partial charge in [-0.15, -0.1) is 0 Å². The van der Waals surface area contributed by atoms with Crippen LogP contribution in [0.1, 0.15) is 30.5 Å². The second kappa shape index (κ2) is 4.80. The second-order valence-electron chi connectivity index (χ2n) is 3.36. The third-order valence-electron chi connectivity index (χ3n) is 2.31. The van der Waals surface area contributed by atoms with Gasteiger partial charge < -0.3 is 0 Å². The molecule has 0 amide bonds. The van der Waals surface area contributed by atoms with Crippen LogP contribution in [-0.4, -0.2) is 0 Å². The summed E-state index contributed by atoms with van der Waals surface area (Å²) in [4.78, 5) is 0. The molecular formula is C10H12F4N2. The Kier molecular flexibility index (Phi) is 3.88. The standard InChI is InChI=1S/C10H12F4N2/c1-2-9(16-15)7-5-6(10(12,13)14)3-4-8(7)11/h3-5,9,16H,2,15H2,1H3. The molecule has 90 valence electrons. The topological polar surface area (TPSA) is 38.0 Å². The Morgan fingerprint density at radius 3 is 2.44 bits per heavy atom. The first-order chi connectivity index (χ1) is 7.40. The maximum atomic E-state index is 13.3. The van der Waals surface area contributed by atoms with Crippen molar-refractivity contribution >= 4 is 0 Å². The van der Waals surface area contributed by atoms with Crippen LogP contribution in [0.25, 0.3) is 0 Å². The van der Waals surface area contributed by atoms with E-state index in [9.17, 15) is 17.6 Å². The third-order valence-corrected chi connectivity index (χ3v) is 2.31. The van der Waals surface area contributed by atoms with Gasteiger partial charge in [-0.25, -0.2) is 4.39 Å². The van der Waals surface area contributed by atoms with E-state index >= 15 is 0 Å². The van der Waals surface area contributed by atoms with Crippen molar-refractivity contribution in [3.8, 4) is 0 Å². The second-order valence-corrected chi connectivity index (χ2v) is 3.36. The van der Waals surface area contributed by atoms with Gasteiger partial charge in [0.2, 0.25) is 0 Å². The number of hydrazine groups is 1. The zero-order chi connectivity index (χ0) is 12.3. The molecule has 6 heteroatoms. The van der Waals surface area contributed by atoms with E-state index in [1.54, 1.807) is 6.92 Å². The van der Waals surface area contributed by atoms with Gasteiger partial charge in [-0.3, -0.25) is 11.3 Å². The maximum Gasteiger partial charge on any atom is 0.416 e. The van der Waals surface area contributed by atoms with Gasteiger partial charge in [0.25, 0.3) is 0 Å². The molecular weight excluding hydrogens is 224 g/mol. The fraction of sp³-hybridized carbons (Fsp3) is 0.400. The minimum absolute atomic E-state index is 0.0696. The Balaban J connectivity index is 3.18.